The van der Waals surface area contributed by atoms with Gasteiger partial charge in [-0.25, -0.2) is 0 Å². The van der Waals surface area contributed by atoms with Crippen molar-refractivity contribution in [2.75, 3.05) is 12.4 Å². The van der Waals surface area contributed by atoms with Gasteiger partial charge in [0.15, 0.2) is 0 Å². The fourth-order valence-corrected chi connectivity index (χ4v) is 3.18. The number of fused-ring (bicyclic) bond motifs is 1. The summed E-state index contributed by atoms with van der Waals surface area (Å²) >= 11 is 0. The maximum Gasteiger partial charge on any atom is 0.251 e. The average Bonchev–Trinajstić information content (AvgIpc) is 3.24. The van der Waals surface area contributed by atoms with Crippen molar-refractivity contribution in [3.05, 3.63) is 73.2 Å². The molecule has 0 unspecified atom stereocenters. The molecule has 1 N–H and O–H groups in total. The van der Waals surface area contributed by atoms with E-state index in [-0.39, 0.29) is 5.91 Å². The lowest BCUT2D eigenvalue weighted by Gasteiger charge is -2.24. The van der Waals surface area contributed by atoms with E-state index in [2.05, 4.69) is 15.4 Å². The van der Waals surface area contributed by atoms with Gasteiger partial charge < -0.3 is 10.1 Å². The highest BCUT2D eigenvalue weighted by Crippen LogP contribution is 2.30. The van der Waals surface area contributed by atoms with E-state index in [1.807, 2.05) is 74.6 Å². The van der Waals surface area contributed by atoms with Crippen LogP contribution >= 0.6 is 0 Å². The number of methoxy groups -OCH3 is 1. The molecule has 0 aliphatic heterocycles. The van der Waals surface area contributed by atoms with E-state index in [0.29, 0.717) is 5.69 Å². The maximum absolute atomic E-state index is 13.0. The first-order valence-corrected chi connectivity index (χ1v) is 9.34. The molecule has 0 aliphatic carbocycles. The molecule has 2 aromatic carbocycles. The van der Waals surface area contributed by atoms with Gasteiger partial charge in [-0.15, -0.1) is 0 Å². The highest BCUT2D eigenvalue weighted by atomic mass is 16.5. The van der Waals surface area contributed by atoms with E-state index in [9.17, 15) is 4.79 Å². The normalized spacial score (nSPS) is 11.4. The third kappa shape index (κ3) is 3.57. The van der Waals surface area contributed by atoms with E-state index in [1.54, 1.807) is 24.2 Å². The number of carbonyl (C=O) groups excluding carboxylic acids is 1. The van der Waals surface area contributed by atoms with Crippen molar-refractivity contribution in [3.8, 4) is 16.9 Å². The number of para-hydroxylation sites is 2. The minimum atomic E-state index is -0.897. The second-order valence-electron chi connectivity index (χ2n) is 7.30. The van der Waals surface area contributed by atoms with Crippen LogP contribution in [-0.2, 0) is 10.3 Å². The molecule has 29 heavy (non-hydrogen) atoms. The smallest absolute Gasteiger partial charge is 0.251 e. The standard InChI is InChI=1S/C23H22N4O2/c1-23(2,22(28)26-18-12-16-8-4-6-10-20(16)24-14-18)27-15-17(13-25-27)19-9-5-7-11-21(19)29-3/h4-15H,1-3H3,(H,26,28). The number of hydrogen-bond acceptors (Lipinski definition) is 4. The van der Waals surface area contributed by atoms with Crippen LogP contribution in [0.15, 0.2) is 73.2 Å². The predicted molar refractivity (Wildman–Crippen MR) is 114 cm³/mol. The Morgan fingerprint density at radius 2 is 1.83 bits per heavy atom. The van der Waals surface area contributed by atoms with E-state index < -0.39 is 5.54 Å². The molecule has 0 radical (unpaired) electrons. The summed E-state index contributed by atoms with van der Waals surface area (Å²) in [6.07, 6.45) is 5.26. The summed E-state index contributed by atoms with van der Waals surface area (Å²) in [6.45, 7) is 3.66. The van der Waals surface area contributed by atoms with Crippen LogP contribution < -0.4 is 10.1 Å². The first kappa shape index (κ1) is 18.7. The molecule has 0 saturated carbocycles. The third-order valence-electron chi connectivity index (χ3n) is 4.98. The van der Waals surface area contributed by atoms with Gasteiger partial charge in [-0.3, -0.25) is 14.5 Å². The van der Waals surface area contributed by atoms with Crippen molar-refractivity contribution in [1.29, 1.82) is 0 Å². The van der Waals surface area contributed by atoms with Crippen LogP contribution in [-0.4, -0.2) is 27.8 Å². The van der Waals surface area contributed by atoms with Crippen LogP contribution in [0.3, 0.4) is 0 Å². The molecule has 0 fully saturated rings. The summed E-state index contributed by atoms with van der Waals surface area (Å²) < 4.78 is 7.10. The Balaban J connectivity index is 1.59. The van der Waals surface area contributed by atoms with Crippen LogP contribution in [0.1, 0.15) is 13.8 Å². The molecule has 6 nitrogen and oxygen atoms in total. The van der Waals surface area contributed by atoms with Gasteiger partial charge in [-0.2, -0.15) is 5.10 Å². The molecule has 6 heteroatoms. The van der Waals surface area contributed by atoms with Crippen molar-refractivity contribution in [3.63, 3.8) is 0 Å². The van der Waals surface area contributed by atoms with Crippen molar-refractivity contribution in [1.82, 2.24) is 14.8 Å². The molecule has 2 aromatic heterocycles. The van der Waals surface area contributed by atoms with Gasteiger partial charge in [0.25, 0.3) is 5.91 Å². The van der Waals surface area contributed by atoms with Gasteiger partial charge in [0.1, 0.15) is 11.3 Å². The molecule has 146 valence electrons. The monoisotopic (exact) mass is 386 g/mol. The summed E-state index contributed by atoms with van der Waals surface area (Å²) in [4.78, 5) is 17.4. The van der Waals surface area contributed by atoms with Crippen LogP contribution in [0.25, 0.3) is 22.0 Å². The molecule has 0 spiro atoms. The largest absolute Gasteiger partial charge is 0.496 e. The molecule has 4 rings (SSSR count). The van der Waals surface area contributed by atoms with Gasteiger partial charge in [0.2, 0.25) is 0 Å². The molecular formula is C23H22N4O2. The fourth-order valence-electron chi connectivity index (χ4n) is 3.18. The number of pyridine rings is 1. The van der Waals surface area contributed by atoms with E-state index >= 15 is 0 Å². The minimum absolute atomic E-state index is 0.177. The van der Waals surface area contributed by atoms with Gasteiger partial charge in [-0.05, 0) is 32.0 Å². The number of amides is 1. The SMILES string of the molecule is COc1ccccc1-c1cnn(C(C)(C)C(=O)Nc2cnc3ccccc3c2)c1. The van der Waals surface area contributed by atoms with Crippen molar-refractivity contribution < 1.29 is 9.53 Å². The Morgan fingerprint density at radius 3 is 2.66 bits per heavy atom. The quantitative estimate of drug-likeness (QED) is 0.549. The molecule has 1 amide bonds. The van der Waals surface area contributed by atoms with Crippen molar-refractivity contribution in [2.24, 2.45) is 0 Å². The number of rotatable bonds is 5. The fraction of sp³-hybridized carbons (Fsp3) is 0.174. The van der Waals surface area contributed by atoms with E-state index in [4.69, 9.17) is 4.74 Å². The number of benzene rings is 2. The van der Waals surface area contributed by atoms with E-state index in [0.717, 1.165) is 27.8 Å². The molecular weight excluding hydrogens is 364 g/mol. The zero-order valence-electron chi connectivity index (χ0n) is 16.6. The van der Waals surface area contributed by atoms with Crippen LogP contribution in [0, 0.1) is 0 Å². The number of hydrogen-bond donors (Lipinski definition) is 1. The molecule has 2 heterocycles. The number of nitrogens with zero attached hydrogens (tertiary/aromatic N) is 3. The average molecular weight is 386 g/mol. The first-order valence-electron chi connectivity index (χ1n) is 9.34. The lowest BCUT2D eigenvalue weighted by Crippen LogP contribution is -2.40. The summed E-state index contributed by atoms with van der Waals surface area (Å²) in [6, 6.07) is 17.4. The van der Waals surface area contributed by atoms with Crippen LogP contribution in [0.2, 0.25) is 0 Å². The highest BCUT2D eigenvalue weighted by Gasteiger charge is 2.31. The Bertz CT molecular complexity index is 1180. The van der Waals surface area contributed by atoms with Crippen LogP contribution in [0.5, 0.6) is 5.75 Å². The van der Waals surface area contributed by atoms with Gasteiger partial charge in [0.05, 0.1) is 30.7 Å². The maximum atomic E-state index is 13.0. The summed E-state index contributed by atoms with van der Waals surface area (Å²) in [5.41, 5.74) is 2.45. The second-order valence-corrected chi connectivity index (χ2v) is 7.30. The Kier molecular flexibility index (Phi) is 4.76. The van der Waals surface area contributed by atoms with Gasteiger partial charge >= 0.3 is 0 Å². The lowest BCUT2D eigenvalue weighted by molar-refractivity contribution is -0.123. The second kappa shape index (κ2) is 7.39. The van der Waals surface area contributed by atoms with Crippen molar-refractivity contribution in [2.45, 2.75) is 19.4 Å². The van der Waals surface area contributed by atoms with Gasteiger partial charge in [-0.1, -0.05) is 36.4 Å². The number of carbonyl (C=O) groups is 1. The van der Waals surface area contributed by atoms with Crippen LogP contribution in [0.4, 0.5) is 5.69 Å². The topological polar surface area (TPSA) is 69.0 Å². The Hall–Kier alpha value is -3.67. The van der Waals surface area contributed by atoms with Gasteiger partial charge in [0, 0.05) is 22.7 Å². The summed E-state index contributed by atoms with van der Waals surface area (Å²) in [5.74, 6) is 0.584. The number of nitrogens with one attached hydrogen (secondary N) is 1. The third-order valence-corrected chi connectivity index (χ3v) is 4.98. The summed E-state index contributed by atoms with van der Waals surface area (Å²) in [7, 11) is 1.64. The number of anilines is 1. The summed E-state index contributed by atoms with van der Waals surface area (Å²) in [5, 5.41) is 8.37. The zero-order valence-corrected chi connectivity index (χ0v) is 16.6. The first-order chi connectivity index (χ1) is 14.0. The minimum Gasteiger partial charge on any atom is -0.496 e. The Labute approximate surface area is 169 Å². The molecule has 0 aliphatic rings. The molecule has 4 aromatic rings. The van der Waals surface area contributed by atoms with Crippen molar-refractivity contribution >= 4 is 22.5 Å². The van der Waals surface area contributed by atoms with E-state index in [1.165, 1.54) is 0 Å². The molecule has 0 bridgehead atoms. The molecule has 0 atom stereocenters. The lowest BCUT2D eigenvalue weighted by atomic mass is 10.0. The number of ether oxygens (including phenoxy) is 1. The number of aromatic nitrogens is 3. The molecule has 0 saturated heterocycles. The highest BCUT2D eigenvalue weighted by molar-refractivity contribution is 5.97. The zero-order chi connectivity index (χ0) is 20.4. The Morgan fingerprint density at radius 1 is 1.07 bits per heavy atom. The predicted octanol–water partition coefficient (Wildman–Crippen LogP) is 4.48.